The first-order valence-electron chi connectivity index (χ1n) is 12.8. The Morgan fingerprint density at radius 3 is 2.55 bits per heavy atom. The molecule has 0 spiro atoms. The van der Waals surface area contributed by atoms with Gasteiger partial charge in [-0.25, -0.2) is 9.99 Å². The Hall–Kier alpha value is -3.51. The Morgan fingerprint density at radius 2 is 1.89 bits per heavy atom. The third kappa shape index (κ3) is 5.81. The van der Waals surface area contributed by atoms with E-state index in [-0.39, 0.29) is 30.8 Å². The molecule has 0 aliphatic carbocycles. The van der Waals surface area contributed by atoms with Crippen LogP contribution in [0.3, 0.4) is 0 Å². The van der Waals surface area contributed by atoms with Gasteiger partial charge >= 0.3 is 6.18 Å². The van der Waals surface area contributed by atoms with E-state index >= 15 is 0 Å². The van der Waals surface area contributed by atoms with Crippen LogP contribution in [0.2, 0.25) is 0 Å². The van der Waals surface area contributed by atoms with Gasteiger partial charge in [-0.3, -0.25) is 24.9 Å². The molecule has 3 aromatic heterocycles. The molecule has 12 heteroatoms. The molecule has 1 atom stereocenters. The van der Waals surface area contributed by atoms with Gasteiger partial charge in [0.15, 0.2) is 0 Å². The van der Waals surface area contributed by atoms with E-state index in [0.717, 1.165) is 60.6 Å². The highest BCUT2D eigenvalue weighted by molar-refractivity contribution is 5.92. The average molecular weight is 530 g/mol. The maximum atomic E-state index is 12.9. The molecule has 2 saturated heterocycles. The van der Waals surface area contributed by atoms with Crippen molar-refractivity contribution in [1.29, 1.82) is 0 Å². The first-order valence-corrected chi connectivity index (χ1v) is 12.8. The van der Waals surface area contributed by atoms with Crippen molar-refractivity contribution in [1.82, 2.24) is 30.3 Å². The number of carbonyl (C=O) groups excluding carboxylic acids is 1. The number of anilines is 1. The summed E-state index contributed by atoms with van der Waals surface area (Å²) < 4.78 is 38.6. The van der Waals surface area contributed by atoms with E-state index < -0.39 is 18.0 Å². The van der Waals surface area contributed by atoms with Crippen LogP contribution in [-0.4, -0.2) is 76.2 Å². The van der Waals surface area contributed by atoms with Crippen LogP contribution in [0.15, 0.2) is 41.5 Å². The molecule has 0 bridgehead atoms. The number of H-pyrrole nitrogens is 1. The number of aromatic nitrogens is 3. The molecule has 1 unspecified atom stereocenters. The maximum absolute atomic E-state index is 12.9. The topological polar surface area (TPSA) is 97.5 Å². The fraction of sp³-hybridized carbons (Fsp3) is 0.462. The lowest BCUT2D eigenvalue weighted by molar-refractivity contribution is -0.171. The zero-order valence-corrected chi connectivity index (χ0v) is 21.1. The van der Waals surface area contributed by atoms with E-state index in [2.05, 4.69) is 30.2 Å². The number of rotatable bonds is 6. The molecule has 0 radical (unpaired) electrons. The summed E-state index contributed by atoms with van der Waals surface area (Å²) in [5.41, 5.74) is 6.78. The third-order valence-corrected chi connectivity index (χ3v) is 7.24. The van der Waals surface area contributed by atoms with Crippen LogP contribution < -0.4 is 15.9 Å². The van der Waals surface area contributed by atoms with E-state index in [4.69, 9.17) is 0 Å². The van der Waals surface area contributed by atoms with Gasteiger partial charge in [-0.1, -0.05) is 6.92 Å². The number of nitrogens with one attached hydrogen (secondary N) is 2. The zero-order valence-electron chi connectivity index (χ0n) is 21.1. The number of hydrazine groups is 1. The number of piperazine rings is 1. The van der Waals surface area contributed by atoms with E-state index in [0.29, 0.717) is 6.42 Å². The number of halogens is 3. The van der Waals surface area contributed by atoms with Gasteiger partial charge in [0, 0.05) is 57.6 Å². The van der Waals surface area contributed by atoms with Gasteiger partial charge in [-0.05, 0) is 42.7 Å². The quantitative estimate of drug-likeness (QED) is 0.507. The van der Waals surface area contributed by atoms with Gasteiger partial charge < -0.3 is 9.88 Å². The van der Waals surface area contributed by atoms with Crippen LogP contribution in [0.5, 0.6) is 0 Å². The molecular formula is C26H30F3N7O2. The van der Waals surface area contributed by atoms with E-state index in [9.17, 15) is 22.8 Å². The number of hydrogen-bond donors (Lipinski definition) is 2. The summed E-state index contributed by atoms with van der Waals surface area (Å²) in [4.78, 5) is 40.8. The van der Waals surface area contributed by atoms with Gasteiger partial charge in [0.25, 0.3) is 11.5 Å². The fourth-order valence-corrected chi connectivity index (χ4v) is 4.98. The van der Waals surface area contributed by atoms with Crippen molar-refractivity contribution in [2.45, 2.75) is 32.5 Å². The van der Waals surface area contributed by atoms with Crippen LogP contribution in [0.1, 0.15) is 35.0 Å². The van der Waals surface area contributed by atoms with Crippen molar-refractivity contribution >= 4 is 22.6 Å². The number of aromatic amines is 1. The van der Waals surface area contributed by atoms with Crippen LogP contribution in [0, 0.1) is 5.92 Å². The molecule has 2 aliphatic heterocycles. The molecule has 2 aliphatic rings. The lowest BCUT2D eigenvalue weighted by Gasteiger charge is -2.36. The van der Waals surface area contributed by atoms with Crippen molar-refractivity contribution < 1.29 is 18.0 Å². The Kier molecular flexibility index (Phi) is 7.35. The largest absolute Gasteiger partial charge is 0.393 e. The predicted octanol–water partition coefficient (Wildman–Crippen LogP) is 2.73. The fourth-order valence-electron chi connectivity index (χ4n) is 4.98. The van der Waals surface area contributed by atoms with E-state index in [1.165, 1.54) is 5.01 Å². The van der Waals surface area contributed by atoms with Gasteiger partial charge in [0.1, 0.15) is 5.69 Å². The van der Waals surface area contributed by atoms with Gasteiger partial charge in [-0.15, -0.1) is 0 Å². The predicted molar refractivity (Wildman–Crippen MR) is 137 cm³/mol. The first-order chi connectivity index (χ1) is 18.2. The minimum absolute atomic E-state index is 0.0290. The SMILES string of the molecule is CCc1cc2ncc(CN3CCN(c4ccc(C(=O)NN5CCC(C(F)(F)F)C5)nc4)CC3)cc2[nH]c1=O. The molecule has 5 rings (SSSR count). The van der Waals surface area contributed by atoms with Crippen LogP contribution in [-0.2, 0) is 13.0 Å². The van der Waals surface area contributed by atoms with Crippen molar-refractivity contribution in [3.05, 3.63) is 63.8 Å². The second-order valence-electron chi connectivity index (χ2n) is 9.83. The number of alkyl halides is 3. The lowest BCUT2D eigenvalue weighted by Crippen LogP contribution is -2.46. The van der Waals surface area contributed by atoms with E-state index in [1.807, 2.05) is 31.3 Å². The molecule has 38 heavy (non-hydrogen) atoms. The lowest BCUT2D eigenvalue weighted by atomic mass is 10.1. The minimum Gasteiger partial charge on any atom is -0.368 e. The third-order valence-electron chi connectivity index (χ3n) is 7.24. The standard InChI is InChI=1S/C26H30F3N7O2/c1-2-18-12-22-23(32-24(18)37)11-17(13-30-22)15-34-7-9-35(10-8-34)20-3-4-21(31-14-20)25(38)33-36-6-5-19(16-36)26(27,28)29/h3-4,11-14,19H,2,5-10,15-16H2,1H3,(H,32,37)(H,33,38). The summed E-state index contributed by atoms with van der Waals surface area (Å²) >= 11 is 0. The summed E-state index contributed by atoms with van der Waals surface area (Å²) in [5, 5.41) is 1.31. The van der Waals surface area contributed by atoms with Crippen LogP contribution in [0.4, 0.5) is 18.9 Å². The summed E-state index contributed by atoms with van der Waals surface area (Å²) in [6, 6.07) is 7.23. The van der Waals surface area contributed by atoms with Gasteiger partial charge in [0.2, 0.25) is 0 Å². The number of fused-ring (bicyclic) bond motifs is 1. The Labute approximate surface area is 217 Å². The molecule has 0 saturated carbocycles. The molecule has 1 amide bonds. The molecule has 3 aromatic rings. The number of aryl methyl sites for hydroxylation is 1. The highest BCUT2D eigenvalue weighted by Gasteiger charge is 2.44. The second-order valence-corrected chi connectivity index (χ2v) is 9.83. The number of nitrogens with zero attached hydrogens (tertiary/aromatic N) is 5. The summed E-state index contributed by atoms with van der Waals surface area (Å²) in [6.07, 6.45) is -0.144. The Morgan fingerprint density at radius 1 is 1.11 bits per heavy atom. The summed E-state index contributed by atoms with van der Waals surface area (Å²) in [7, 11) is 0. The monoisotopic (exact) mass is 529 g/mol. The Balaban J connectivity index is 1.13. The number of carbonyl (C=O) groups is 1. The summed E-state index contributed by atoms with van der Waals surface area (Å²) in [5.74, 6) is -1.94. The Bertz CT molecular complexity index is 1350. The van der Waals surface area contributed by atoms with Crippen molar-refractivity contribution in [2.24, 2.45) is 5.92 Å². The van der Waals surface area contributed by atoms with Gasteiger partial charge in [-0.2, -0.15) is 13.2 Å². The molecule has 2 N–H and O–H groups in total. The molecule has 5 heterocycles. The van der Waals surface area contributed by atoms with Crippen LogP contribution in [0.25, 0.3) is 11.0 Å². The average Bonchev–Trinajstić information content (AvgIpc) is 3.38. The second kappa shape index (κ2) is 10.7. The molecule has 0 aromatic carbocycles. The van der Waals surface area contributed by atoms with Crippen molar-refractivity contribution in [3.63, 3.8) is 0 Å². The van der Waals surface area contributed by atoms with Gasteiger partial charge in [0.05, 0.1) is 28.8 Å². The normalized spacial score (nSPS) is 19.3. The highest BCUT2D eigenvalue weighted by atomic mass is 19.4. The highest BCUT2D eigenvalue weighted by Crippen LogP contribution is 2.32. The minimum atomic E-state index is -4.26. The van der Waals surface area contributed by atoms with Crippen LogP contribution >= 0.6 is 0 Å². The smallest absolute Gasteiger partial charge is 0.368 e. The number of hydrogen-bond acceptors (Lipinski definition) is 7. The molecule has 2 fully saturated rings. The zero-order chi connectivity index (χ0) is 26.9. The molecule has 202 valence electrons. The van der Waals surface area contributed by atoms with E-state index in [1.54, 1.807) is 12.3 Å². The van der Waals surface area contributed by atoms with Crippen molar-refractivity contribution in [3.8, 4) is 0 Å². The van der Waals surface area contributed by atoms with Crippen molar-refractivity contribution in [2.75, 3.05) is 44.2 Å². The number of amides is 1. The molecular weight excluding hydrogens is 499 g/mol. The molecule has 9 nitrogen and oxygen atoms in total. The summed E-state index contributed by atoms with van der Waals surface area (Å²) in [6.45, 7) is 5.77. The maximum Gasteiger partial charge on any atom is 0.393 e. The first kappa shape index (κ1) is 26.1. The number of pyridine rings is 3.